The molecule has 3 heterocycles. The summed E-state index contributed by atoms with van der Waals surface area (Å²) in [5.41, 5.74) is -0.0895. The summed E-state index contributed by atoms with van der Waals surface area (Å²) in [4.78, 5) is 17.7. The lowest BCUT2D eigenvalue weighted by atomic mass is 9.73. The minimum Gasteiger partial charge on any atom is -0.497 e. The molecule has 1 aromatic carbocycles. The van der Waals surface area contributed by atoms with Crippen molar-refractivity contribution in [1.82, 2.24) is 10.1 Å². The third-order valence-electron chi connectivity index (χ3n) is 4.58. The van der Waals surface area contributed by atoms with E-state index >= 15 is 0 Å². The molecule has 0 radical (unpaired) electrons. The molecule has 2 aromatic rings. The molecule has 5 rings (SSSR count). The van der Waals surface area contributed by atoms with Crippen molar-refractivity contribution in [2.45, 2.75) is 18.4 Å². The first kappa shape index (κ1) is 13.1. The van der Waals surface area contributed by atoms with Gasteiger partial charge in [0.25, 0.3) is 0 Å². The van der Waals surface area contributed by atoms with E-state index in [1.54, 1.807) is 12.0 Å². The molecular formula is C15H15N3O4. The fourth-order valence-corrected chi connectivity index (χ4v) is 3.43. The monoisotopic (exact) mass is 301 g/mol. The van der Waals surface area contributed by atoms with Crippen LogP contribution in [0.25, 0.3) is 11.4 Å². The molecule has 1 aliphatic carbocycles. The first-order chi connectivity index (χ1) is 10.6. The van der Waals surface area contributed by atoms with Crippen molar-refractivity contribution in [2.75, 3.05) is 18.6 Å². The average Bonchev–Trinajstić information content (AvgIpc) is 3.18. The SMILES string of the molecule is COc1cccc(-c2noc(N3CC4CC3(C(=O)O)C4)n2)c1. The number of hydrogen-bond donors (Lipinski definition) is 1. The number of anilines is 1. The van der Waals surface area contributed by atoms with Crippen LogP contribution in [-0.2, 0) is 4.79 Å². The van der Waals surface area contributed by atoms with Crippen molar-refractivity contribution >= 4 is 12.0 Å². The van der Waals surface area contributed by atoms with Gasteiger partial charge >= 0.3 is 12.0 Å². The fraction of sp³-hybridized carbons (Fsp3) is 0.400. The van der Waals surface area contributed by atoms with Crippen molar-refractivity contribution in [3.8, 4) is 17.1 Å². The lowest BCUT2D eigenvalue weighted by Gasteiger charge is -2.36. The summed E-state index contributed by atoms with van der Waals surface area (Å²) in [5.74, 6) is 0.721. The molecule has 0 unspecified atom stereocenters. The summed E-state index contributed by atoms with van der Waals surface area (Å²) in [6.45, 7) is 0.659. The van der Waals surface area contributed by atoms with Gasteiger partial charge in [0.1, 0.15) is 11.3 Å². The smallest absolute Gasteiger partial charge is 0.329 e. The minimum absolute atomic E-state index is 0.278. The first-order valence-electron chi connectivity index (χ1n) is 7.11. The van der Waals surface area contributed by atoms with Gasteiger partial charge in [0.15, 0.2) is 0 Å². The minimum atomic E-state index is -0.858. The zero-order chi connectivity index (χ0) is 15.3. The van der Waals surface area contributed by atoms with E-state index in [-0.39, 0.29) is 6.01 Å². The number of aliphatic carboxylic acids is 1. The summed E-state index contributed by atoms with van der Waals surface area (Å²) < 4.78 is 10.5. The Morgan fingerprint density at radius 1 is 1.50 bits per heavy atom. The van der Waals surface area contributed by atoms with Crippen molar-refractivity contribution in [1.29, 1.82) is 0 Å². The number of benzene rings is 1. The molecule has 1 saturated carbocycles. The number of carboxylic acid groups (broad SMARTS) is 1. The second kappa shape index (κ2) is 4.46. The molecule has 1 N–H and O–H groups in total. The van der Waals surface area contributed by atoms with Crippen LogP contribution in [0.4, 0.5) is 6.01 Å². The lowest BCUT2D eigenvalue weighted by molar-refractivity contribution is -0.146. The Balaban J connectivity index is 1.66. The van der Waals surface area contributed by atoms with Crippen LogP contribution >= 0.6 is 0 Å². The molecule has 3 aliphatic rings. The Kier molecular flexibility index (Phi) is 2.66. The maximum atomic E-state index is 11.6. The summed E-state index contributed by atoms with van der Waals surface area (Å²) in [6.07, 6.45) is 1.30. The van der Waals surface area contributed by atoms with E-state index in [9.17, 15) is 9.90 Å². The molecule has 3 fully saturated rings. The number of carboxylic acids is 1. The Labute approximate surface area is 126 Å². The predicted molar refractivity (Wildman–Crippen MR) is 76.7 cm³/mol. The van der Waals surface area contributed by atoms with Crippen LogP contribution in [-0.4, -0.2) is 40.4 Å². The van der Waals surface area contributed by atoms with Gasteiger partial charge < -0.3 is 19.3 Å². The second-order valence-electron chi connectivity index (χ2n) is 5.85. The second-order valence-corrected chi connectivity index (χ2v) is 5.85. The van der Waals surface area contributed by atoms with Crippen molar-refractivity contribution in [3.63, 3.8) is 0 Å². The van der Waals surface area contributed by atoms with Crippen molar-refractivity contribution in [3.05, 3.63) is 24.3 Å². The molecular weight excluding hydrogens is 286 g/mol. The van der Waals surface area contributed by atoms with Crippen LogP contribution < -0.4 is 9.64 Å². The van der Waals surface area contributed by atoms with Gasteiger partial charge in [0.2, 0.25) is 5.82 Å². The third-order valence-corrected chi connectivity index (χ3v) is 4.58. The van der Waals surface area contributed by atoms with Gasteiger partial charge in [-0.25, -0.2) is 4.79 Å². The number of hydrogen-bond acceptors (Lipinski definition) is 6. The molecule has 0 atom stereocenters. The van der Waals surface area contributed by atoms with Crippen LogP contribution in [0.5, 0.6) is 5.75 Å². The van der Waals surface area contributed by atoms with Crippen LogP contribution in [0.2, 0.25) is 0 Å². The Morgan fingerprint density at radius 3 is 3.05 bits per heavy atom. The van der Waals surface area contributed by atoms with Crippen LogP contribution in [0.15, 0.2) is 28.8 Å². The Morgan fingerprint density at radius 2 is 2.32 bits per heavy atom. The van der Waals surface area contributed by atoms with Crippen molar-refractivity contribution < 1.29 is 19.2 Å². The number of nitrogens with zero attached hydrogens (tertiary/aromatic N) is 3. The van der Waals surface area contributed by atoms with Gasteiger partial charge in [0, 0.05) is 12.1 Å². The summed E-state index contributed by atoms with van der Waals surface area (Å²) in [6, 6.07) is 7.62. The van der Waals surface area contributed by atoms with E-state index in [0.717, 1.165) is 5.56 Å². The molecule has 0 amide bonds. The van der Waals surface area contributed by atoms with Crippen LogP contribution in [0.1, 0.15) is 12.8 Å². The quantitative estimate of drug-likeness (QED) is 0.921. The molecule has 2 bridgehead atoms. The molecule has 2 saturated heterocycles. The standard InChI is InChI=1S/C15H15N3O4/c1-21-11-4-2-3-10(5-11)12-16-14(22-17-12)18-8-9-6-15(18,7-9)13(19)20/h2-5,9H,6-8H2,1H3,(H,19,20). The number of carbonyl (C=O) groups is 1. The maximum Gasteiger partial charge on any atom is 0.329 e. The van der Waals surface area contributed by atoms with Gasteiger partial charge in [-0.1, -0.05) is 17.3 Å². The van der Waals surface area contributed by atoms with Crippen LogP contribution in [0.3, 0.4) is 0 Å². The molecule has 114 valence electrons. The normalized spacial score (nSPS) is 25.9. The molecule has 7 heteroatoms. The van der Waals surface area contributed by atoms with E-state index in [4.69, 9.17) is 9.26 Å². The van der Waals surface area contributed by atoms with E-state index in [1.807, 2.05) is 24.3 Å². The third kappa shape index (κ3) is 1.71. The zero-order valence-corrected chi connectivity index (χ0v) is 12.0. The van der Waals surface area contributed by atoms with Gasteiger partial charge in [-0.15, -0.1) is 0 Å². The maximum absolute atomic E-state index is 11.6. The number of rotatable bonds is 4. The lowest BCUT2D eigenvalue weighted by Crippen LogP contribution is -2.53. The number of ether oxygens (including phenoxy) is 1. The number of methoxy groups -OCH3 is 1. The zero-order valence-electron chi connectivity index (χ0n) is 12.0. The first-order valence-corrected chi connectivity index (χ1v) is 7.11. The van der Waals surface area contributed by atoms with Crippen molar-refractivity contribution in [2.24, 2.45) is 5.92 Å². The largest absolute Gasteiger partial charge is 0.497 e. The number of fused-ring (bicyclic) bond motifs is 1. The molecule has 2 aliphatic heterocycles. The highest BCUT2D eigenvalue weighted by molar-refractivity contribution is 5.86. The van der Waals surface area contributed by atoms with Gasteiger partial charge in [-0.05, 0) is 30.9 Å². The topological polar surface area (TPSA) is 88.7 Å². The predicted octanol–water partition coefficient (Wildman–Crippen LogP) is 1.80. The molecule has 0 spiro atoms. The van der Waals surface area contributed by atoms with E-state index in [1.165, 1.54) is 0 Å². The van der Waals surface area contributed by atoms with Gasteiger partial charge in [0.05, 0.1) is 7.11 Å². The van der Waals surface area contributed by atoms with E-state index in [2.05, 4.69) is 10.1 Å². The summed E-state index contributed by atoms with van der Waals surface area (Å²) in [5, 5.41) is 13.5. The summed E-state index contributed by atoms with van der Waals surface area (Å²) in [7, 11) is 1.59. The fourth-order valence-electron chi connectivity index (χ4n) is 3.43. The number of aromatic nitrogens is 2. The highest BCUT2D eigenvalue weighted by atomic mass is 16.5. The molecule has 1 aromatic heterocycles. The average molecular weight is 301 g/mol. The molecule has 7 nitrogen and oxygen atoms in total. The van der Waals surface area contributed by atoms with E-state index < -0.39 is 11.5 Å². The van der Waals surface area contributed by atoms with E-state index in [0.29, 0.717) is 36.9 Å². The summed E-state index contributed by atoms with van der Waals surface area (Å²) >= 11 is 0. The highest BCUT2D eigenvalue weighted by Gasteiger charge is 2.62. The van der Waals surface area contributed by atoms with Gasteiger partial charge in [-0.2, -0.15) is 4.98 Å². The molecule has 22 heavy (non-hydrogen) atoms. The van der Waals surface area contributed by atoms with Crippen LogP contribution in [0, 0.1) is 5.92 Å². The Bertz CT molecular complexity index is 736. The van der Waals surface area contributed by atoms with Gasteiger partial charge in [-0.3, -0.25) is 0 Å². The highest BCUT2D eigenvalue weighted by Crippen LogP contribution is 2.52. The Hall–Kier alpha value is -2.57.